The van der Waals surface area contributed by atoms with Crippen molar-refractivity contribution >= 4 is 52.4 Å². The van der Waals surface area contributed by atoms with Crippen molar-refractivity contribution in [1.29, 1.82) is 0 Å². The van der Waals surface area contributed by atoms with Crippen molar-refractivity contribution in [1.82, 2.24) is 0 Å². The van der Waals surface area contributed by atoms with Gasteiger partial charge in [0.25, 0.3) is 0 Å². The van der Waals surface area contributed by atoms with Gasteiger partial charge in [0, 0.05) is 5.56 Å². The molecule has 0 aliphatic carbocycles. The van der Waals surface area contributed by atoms with E-state index in [1.807, 2.05) is 13.8 Å². The fourth-order valence-electron chi connectivity index (χ4n) is 2.48. The number of hydrogen-bond acceptors (Lipinski definition) is 4. The van der Waals surface area contributed by atoms with Crippen LogP contribution in [0.25, 0.3) is 0 Å². The maximum atomic E-state index is 11.7. The quantitative estimate of drug-likeness (QED) is 0.374. The van der Waals surface area contributed by atoms with E-state index in [0.717, 1.165) is 0 Å². The van der Waals surface area contributed by atoms with E-state index in [1.54, 1.807) is 19.1 Å². The van der Waals surface area contributed by atoms with E-state index in [2.05, 4.69) is 5.32 Å². The normalized spacial score (nSPS) is 10.8. The van der Waals surface area contributed by atoms with Gasteiger partial charge in [-0.15, -0.1) is 0 Å². The van der Waals surface area contributed by atoms with Gasteiger partial charge in [-0.1, -0.05) is 48.7 Å². The maximum Gasteiger partial charge on any atom is 0.312 e. The molecule has 2 aromatic rings. The topological polar surface area (TPSA) is 95.9 Å². The molecule has 2 aromatic carbocycles. The van der Waals surface area contributed by atoms with Crippen molar-refractivity contribution in [2.75, 3.05) is 5.32 Å². The van der Waals surface area contributed by atoms with Crippen molar-refractivity contribution in [2.24, 2.45) is 0 Å². The first-order chi connectivity index (χ1) is 13.0. The third-order valence-electron chi connectivity index (χ3n) is 3.85. The molecule has 0 bridgehead atoms. The van der Waals surface area contributed by atoms with Gasteiger partial charge >= 0.3 is 5.97 Å². The summed E-state index contributed by atoms with van der Waals surface area (Å²) in [7, 11) is 0. The van der Waals surface area contributed by atoms with Crippen LogP contribution in [0, 0.1) is 6.92 Å². The minimum Gasteiger partial charge on any atom is -0.507 e. The Morgan fingerprint density at radius 2 is 1.79 bits per heavy atom. The lowest BCUT2D eigenvalue weighted by molar-refractivity contribution is -0.139. The van der Waals surface area contributed by atoms with Crippen molar-refractivity contribution in [3.05, 3.63) is 44.4 Å². The Labute approximate surface area is 177 Å². The van der Waals surface area contributed by atoms with Crippen molar-refractivity contribution in [3.8, 4) is 17.2 Å². The van der Waals surface area contributed by atoms with Crippen molar-refractivity contribution in [2.45, 2.75) is 33.1 Å². The molecule has 2 rings (SSSR count). The number of phenols is 1. The molecule has 0 heterocycles. The summed E-state index contributed by atoms with van der Waals surface area (Å²) in [6.45, 7) is 5.61. The number of amides is 1. The molecule has 0 saturated heterocycles. The van der Waals surface area contributed by atoms with Gasteiger partial charge < -0.3 is 20.3 Å². The third-order valence-corrected chi connectivity index (χ3v) is 4.98. The number of carboxylic acid groups (broad SMARTS) is 1. The molecule has 28 heavy (non-hydrogen) atoms. The highest BCUT2D eigenvalue weighted by atomic mass is 35.5. The van der Waals surface area contributed by atoms with Gasteiger partial charge in [-0.05, 0) is 36.6 Å². The standard InChI is InChI=1S/C19H18Cl3NO5/c1-8(2)11-5-10(4-9(3)18(11)27)28-19-12(20)6-13(16(21)17(19)22)23-14(24)7-15(25)26/h4-6,8,27H,7H2,1-3H3,(H,23,24)(H,25,26). The summed E-state index contributed by atoms with van der Waals surface area (Å²) < 4.78 is 5.81. The van der Waals surface area contributed by atoms with E-state index < -0.39 is 18.3 Å². The number of halogens is 3. The summed E-state index contributed by atoms with van der Waals surface area (Å²) in [5.41, 5.74) is 1.39. The van der Waals surface area contributed by atoms with Crippen LogP contribution in [0.2, 0.25) is 15.1 Å². The lowest BCUT2D eigenvalue weighted by Gasteiger charge is -2.17. The number of nitrogens with one attached hydrogen (secondary N) is 1. The smallest absolute Gasteiger partial charge is 0.312 e. The van der Waals surface area contributed by atoms with Crippen LogP contribution in [0.4, 0.5) is 5.69 Å². The lowest BCUT2D eigenvalue weighted by Crippen LogP contribution is -2.16. The van der Waals surface area contributed by atoms with Gasteiger partial charge in [-0.2, -0.15) is 0 Å². The maximum absolute atomic E-state index is 11.7. The number of carboxylic acids is 1. The van der Waals surface area contributed by atoms with Crippen LogP contribution in [0.3, 0.4) is 0 Å². The molecule has 0 saturated carbocycles. The number of aryl methyl sites for hydroxylation is 1. The van der Waals surface area contributed by atoms with Gasteiger partial charge in [0.2, 0.25) is 5.91 Å². The van der Waals surface area contributed by atoms with Crippen LogP contribution in [0.15, 0.2) is 18.2 Å². The average Bonchev–Trinajstić information content (AvgIpc) is 2.58. The van der Waals surface area contributed by atoms with E-state index in [-0.39, 0.29) is 38.2 Å². The number of phenolic OH excluding ortho intramolecular Hbond substituents is 1. The molecule has 3 N–H and O–H groups in total. The Morgan fingerprint density at radius 1 is 1.14 bits per heavy atom. The van der Waals surface area contributed by atoms with Crippen LogP contribution in [-0.4, -0.2) is 22.1 Å². The predicted molar refractivity (Wildman–Crippen MR) is 109 cm³/mol. The zero-order valence-electron chi connectivity index (χ0n) is 15.3. The molecule has 0 radical (unpaired) electrons. The molecule has 0 atom stereocenters. The summed E-state index contributed by atoms with van der Waals surface area (Å²) in [6.07, 6.45) is -0.728. The zero-order chi connectivity index (χ0) is 21.2. The number of hydrogen-bond donors (Lipinski definition) is 3. The van der Waals surface area contributed by atoms with Gasteiger partial charge in [-0.25, -0.2) is 0 Å². The molecular weight excluding hydrogens is 429 g/mol. The number of anilines is 1. The Morgan fingerprint density at radius 3 is 2.36 bits per heavy atom. The molecule has 1 amide bonds. The Balaban J connectivity index is 2.39. The molecule has 0 aromatic heterocycles. The first kappa shape index (κ1) is 22.1. The molecule has 0 unspecified atom stereocenters. The largest absolute Gasteiger partial charge is 0.507 e. The summed E-state index contributed by atoms with van der Waals surface area (Å²) in [5.74, 6) is -1.33. The SMILES string of the molecule is Cc1cc(Oc2c(Cl)cc(NC(=O)CC(=O)O)c(Cl)c2Cl)cc(C(C)C)c1O. The van der Waals surface area contributed by atoms with E-state index in [0.29, 0.717) is 16.9 Å². The highest BCUT2D eigenvalue weighted by molar-refractivity contribution is 6.46. The molecule has 0 spiro atoms. The van der Waals surface area contributed by atoms with Gasteiger partial charge in [-0.3, -0.25) is 9.59 Å². The minimum absolute atomic E-state index is 0.0422. The van der Waals surface area contributed by atoms with Crippen LogP contribution in [-0.2, 0) is 9.59 Å². The van der Waals surface area contributed by atoms with Gasteiger partial charge in [0.1, 0.15) is 22.9 Å². The van der Waals surface area contributed by atoms with Crippen molar-refractivity contribution < 1.29 is 24.5 Å². The molecule has 6 nitrogen and oxygen atoms in total. The van der Waals surface area contributed by atoms with E-state index in [4.69, 9.17) is 44.6 Å². The number of aliphatic carboxylic acids is 1. The monoisotopic (exact) mass is 445 g/mol. The number of carbonyl (C=O) groups excluding carboxylic acids is 1. The van der Waals surface area contributed by atoms with Crippen LogP contribution >= 0.6 is 34.8 Å². The van der Waals surface area contributed by atoms with Gasteiger partial charge in [0.15, 0.2) is 5.75 Å². The first-order valence-corrected chi connectivity index (χ1v) is 9.35. The fourth-order valence-corrected chi connectivity index (χ4v) is 3.20. The van der Waals surface area contributed by atoms with E-state index in [1.165, 1.54) is 6.07 Å². The van der Waals surface area contributed by atoms with E-state index in [9.17, 15) is 14.7 Å². The summed E-state index contributed by atoms with van der Waals surface area (Å²) in [5, 5.41) is 21.2. The lowest BCUT2D eigenvalue weighted by atomic mass is 9.99. The predicted octanol–water partition coefficient (Wildman–Crippen LogP) is 5.99. The second-order valence-electron chi connectivity index (χ2n) is 6.42. The summed E-state index contributed by atoms with van der Waals surface area (Å²) >= 11 is 18.7. The zero-order valence-corrected chi connectivity index (χ0v) is 17.5. The highest BCUT2D eigenvalue weighted by Crippen LogP contribution is 2.45. The number of rotatable bonds is 6. The first-order valence-electron chi connectivity index (χ1n) is 8.21. The van der Waals surface area contributed by atoms with E-state index >= 15 is 0 Å². The molecular formula is C19H18Cl3NO5. The Kier molecular flexibility index (Phi) is 7.04. The number of ether oxygens (including phenoxy) is 1. The Bertz CT molecular complexity index is 944. The molecule has 150 valence electrons. The minimum atomic E-state index is -1.28. The summed E-state index contributed by atoms with van der Waals surface area (Å²) in [4.78, 5) is 22.3. The van der Waals surface area contributed by atoms with Crippen LogP contribution < -0.4 is 10.1 Å². The molecule has 0 aliphatic rings. The molecule has 9 heteroatoms. The van der Waals surface area contributed by atoms with Crippen molar-refractivity contribution in [3.63, 3.8) is 0 Å². The average molecular weight is 447 g/mol. The number of benzene rings is 2. The fraction of sp³-hybridized carbons (Fsp3) is 0.263. The third kappa shape index (κ3) is 5.01. The molecule has 0 fully saturated rings. The van der Waals surface area contributed by atoms with Crippen LogP contribution in [0.1, 0.15) is 37.3 Å². The second-order valence-corrected chi connectivity index (χ2v) is 7.58. The highest BCUT2D eigenvalue weighted by Gasteiger charge is 2.20. The number of carbonyl (C=O) groups is 2. The second kappa shape index (κ2) is 8.90. The number of aromatic hydroxyl groups is 1. The Hall–Kier alpha value is -2.15. The van der Waals surface area contributed by atoms with Gasteiger partial charge in [0.05, 0.1) is 15.7 Å². The van der Waals surface area contributed by atoms with Crippen LogP contribution in [0.5, 0.6) is 17.2 Å². The molecule has 0 aliphatic heterocycles. The summed E-state index contributed by atoms with van der Waals surface area (Å²) in [6, 6.07) is 4.63.